The third kappa shape index (κ3) is 3.10. The maximum atomic E-state index is 6.11. The maximum absolute atomic E-state index is 6.11. The van der Waals surface area contributed by atoms with Gasteiger partial charge in [0.05, 0.1) is 10.0 Å². The average Bonchev–Trinajstić information content (AvgIpc) is 3.03. The second-order valence-corrected chi connectivity index (χ2v) is 7.03. The quantitative estimate of drug-likeness (QED) is 0.631. The lowest BCUT2D eigenvalue weighted by Gasteiger charge is -2.26. The van der Waals surface area contributed by atoms with Crippen LogP contribution in [0.15, 0.2) is 54.7 Å². The first-order valence-electron chi connectivity index (χ1n) is 8.12. The Labute approximate surface area is 151 Å². The van der Waals surface area contributed by atoms with Crippen molar-refractivity contribution in [3.8, 4) is 0 Å². The molecular formula is C20H18Cl2N2. The molecule has 0 atom stereocenters. The van der Waals surface area contributed by atoms with Crippen LogP contribution in [0.1, 0.15) is 17.5 Å². The molecule has 1 aromatic heterocycles. The number of hydrogen-bond donors (Lipinski definition) is 1. The van der Waals surface area contributed by atoms with Crippen molar-refractivity contribution < 1.29 is 0 Å². The highest BCUT2D eigenvalue weighted by molar-refractivity contribution is 6.42. The van der Waals surface area contributed by atoms with E-state index in [-0.39, 0.29) is 0 Å². The normalized spacial score (nSPS) is 15.7. The summed E-state index contributed by atoms with van der Waals surface area (Å²) in [7, 11) is 0. The number of H-pyrrole nitrogens is 1. The summed E-state index contributed by atoms with van der Waals surface area (Å²) in [6.45, 7) is 2.90. The van der Waals surface area contributed by atoms with Gasteiger partial charge in [0.2, 0.25) is 0 Å². The molecular weight excluding hydrogens is 339 g/mol. The third-order valence-electron chi connectivity index (χ3n) is 4.62. The van der Waals surface area contributed by atoms with Crippen LogP contribution in [-0.2, 0) is 6.54 Å². The summed E-state index contributed by atoms with van der Waals surface area (Å²) in [6, 6.07) is 14.4. The number of para-hydroxylation sites is 1. The lowest BCUT2D eigenvalue weighted by molar-refractivity contribution is 0.294. The van der Waals surface area contributed by atoms with E-state index >= 15 is 0 Å². The summed E-state index contributed by atoms with van der Waals surface area (Å²) in [5.41, 5.74) is 5.16. The summed E-state index contributed by atoms with van der Waals surface area (Å²) in [5, 5.41) is 2.54. The number of fused-ring (bicyclic) bond motifs is 1. The summed E-state index contributed by atoms with van der Waals surface area (Å²) in [5.74, 6) is 0. The molecule has 0 amide bonds. The molecule has 2 heterocycles. The second kappa shape index (κ2) is 6.64. The minimum Gasteiger partial charge on any atom is -0.361 e. The number of nitrogens with zero attached hydrogens (tertiary/aromatic N) is 1. The molecule has 0 aliphatic carbocycles. The van der Waals surface area contributed by atoms with Crippen LogP contribution in [0.3, 0.4) is 0 Å². The molecule has 24 heavy (non-hydrogen) atoms. The first-order chi connectivity index (χ1) is 11.7. The monoisotopic (exact) mass is 356 g/mol. The fraction of sp³-hybridized carbons (Fsp3) is 0.200. The minimum atomic E-state index is 0.612. The van der Waals surface area contributed by atoms with Gasteiger partial charge in [0.15, 0.2) is 0 Å². The summed E-state index contributed by atoms with van der Waals surface area (Å²) >= 11 is 12.1. The van der Waals surface area contributed by atoms with Crippen molar-refractivity contribution in [3.05, 3.63) is 75.9 Å². The zero-order valence-corrected chi connectivity index (χ0v) is 14.7. The molecule has 2 aromatic carbocycles. The Hall–Kier alpha value is -1.74. The molecule has 4 rings (SSSR count). The molecule has 0 unspecified atom stereocenters. The Kier molecular flexibility index (Phi) is 4.36. The molecule has 2 nitrogen and oxygen atoms in total. The molecule has 1 aliphatic heterocycles. The number of aromatic amines is 1. The molecule has 0 spiro atoms. The van der Waals surface area contributed by atoms with Gasteiger partial charge in [0, 0.05) is 42.3 Å². The van der Waals surface area contributed by atoms with Crippen molar-refractivity contribution in [2.45, 2.75) is 13.0 Å². The Morgan fingerprint density at radius 3 is 2.71 bits per heavy atom. The minimum absolute atomic E-state index is 0.612. The fourth-order valence-corrected chi connectivity index (χ4v) is 3.65. The zero-order valence-electron chi connectivity index (χ0n) is 13.2. The molecule has 3 aromatic rings. The number of aromatic nitrogens is 1. The van der Waals surface area contributed by atoms with Crippen LogP contribution >= 0.6 is 23.2 Å². The average molecular weight is 357 g/mol. The highest BCUT2D eigenvalue weighted by Crippen LogP contribution is 2.30. The Balaban J connectivity index is 1.50. The van der Waals surface area contributed by atoms with Crippen molar-refractivity contribution in [1.82, 2.24) is 9.88 Å². The van der Waals surface area contributed by atoms with Gasteiger partial charge in [0.25, 0.3) is 0 Å². The van der Waals surface area contributed by atoms with E-state index in [0.29, 0.717) is 10.0 Å². The highest BCUT2D eigenvalue weighted by Gasteiger charge is 2.16. The number of rotatable bonds is 3. The van der Waals surface area contributed by atoms with Gasteiger partial charge in [-0.2, -0.15) is 0 Å². The lowest BCUT2D eigenvalue weighted by atomic mass is 9.98. The largest absolute Gasteiger partial charge is 0.361 e. The molecule has 0 radical (unpaired) electrons. The summed E-state index contributed by atoms with van der Waals surface area (Å²) < 4.78 is 0. The number of nitrogens with one attached hydrogen (secondary N) is 1. The van der Waals surface area contributed by atoms with Crippen molar-refractivity contribution in [2.75, 3.05) is 13.1 Å². The van der Waals surface area contributed by atoms with Gasteiger partial charge in [-0.1, -0.05) is 53.5 Å². The molecule has 0 bridgehead atoms. The summed E-state index contributed by atoms with van der Waals surface area (Å²) in [4.78, 5) is 5.79. The predicted molar refractivity (Wildman–Crippen MR) is 103 cm³/mol. The van der Waals surface area contributed by atoms with Gasteiger partial charge in [0.1, 0.15) is 0 Å². The smallest absolute Gasteiger partial charge is 0.0595 e. The Bertz CT molecular complexity index is 911. The van der Waals surface area contributed by atoms with E-state index in [0.717, 1.165) is 26.1 Å². The van der Waals surface area contributed by atoms with Crippen molar-refractivity contribution in [2.24, 2.45) is 0 Å². The standard InChI is InChI=1S/C20H18Cl2N2/c21-18-6-5-14(11-19(18)22)13-24-9-7-15(8-10-24)17-12-23-20-4-2-1-3-16(17)20/h1-7,11-12,23H,8-10,13H2. The predicted octanol–water partition coefficient (Wildman–Crippen LogP) is 5.76. The van der Waals surface area contributed by atoms with E-state index in [1.54, 1.807) is 0 Å². The molecule has 0 saturated heterocycles. The molecule has 1 aliphatic rings. The molecule has 0 fully saturated rings. The second-order valence-electron chi connectivity index (χ2n) is 6.21. The van der Waals surface area contributed by atoms with Crippen LogP contribution in [0, 0.1) is 0 Å². The van der Waals surface area contributed by atoms with Crippen LogP contribution in [-0.4, -0.2) is 23.0 Å². The molecule has 122 valence electrons. The van der Waals surface area contributed by atoms with Gasteiger partial charge in [-0.25, -0.2) is 0 Å². The first-order valence-corrected chi connectivity index (χ1v) is 8.88. The van der Waals surface area contributed by atoms with Crippen LogP contribution in [0.5, 0.6) is 0 Å². The van der Waals surface area contributed by atoms with Gasteiger partial charge in [-0.05, 0) is 35.8 Å². The lowest BCUT2D eigenvalue weighted by Crippen LogP contribution is -2.27. The highest BCUT2D eigenvalue weighted by atomic mass is 35.5. The first kappa shape index (κ1) is 15.8. The van der Waals surface area contributed by atoms with E-state index in [1.165, 1.54) is 27.6 Å². The summed E-state index contributed by atoms with van der Waals surface area (Å²) in [6.07, 6.45) is 5.53. The zero-order chi connectivity index (χ0) is 16.5. The van der Waals surface area contributed by atoms with Crippen LogP contribution in [0.4, 0.5) is 0 Å². The van der Waals surface area contributed by atoms with E-state index < -0.39 is 0 Å². The van der Waals surface area contributed by atoms with E-state index in [4.69, 9.17) is 23.2 Å². The molecule has 0 saturated carbocycles. The van der Waals surface area contributed by atoms with Gasteiger partial charge in [-0.3, -0.25) is 4.90 Å². The fourth-order valence-electron chi connectivity index (χ4n) is 3.33. The number of halogens is 2. The van der Waals surface area contributed by atoms with Gasteiger partial charge in [-0.15, -0.1) is 0 Å². The SMILES string of the molecule is Clc1ccc(CN2CC=C(c3c[nH]c4ccccc34)CC2)cc1Cl. The van der Waals surface area contributed by atoms with Gasteiger partial charge >= 0.3 is 0 Å². The van der Waals surface area contributed by atoms with E-state index in [1.807, 2.05) is 18.2 Å². The van der Waals surface area contributed by atoms with Crippen LogP contribution in [0.2, 0.25) is 10.0 Å². The van der Waals surface area contributed by atoms with Crippen molar-refractivity contribution in [1.29, 1.82) is 0 Å². The number of benzene rings is 2. The van der Waals surface area contributed by atoms with Crippen LogP contribution < -0.4 is 0 Å². The Morgan fingerprint density at radius 1 is 1.04 bits per heavy atom. The maximum Gasteiger partial charge on any atom is 0.0595 e. The Morgan fingerprint density at radius 2 is 1.92 bits per heavy atom. The molecule has 4 heteroatoms. The van der Waals surface area contributed by atoms with E-state index in [9.17, 15) is 0 Å². The topological polar surface area (TPSA) is 19.0 Å². The third-order valence-corrected chi connectivity index (χ3v) is 5.36. The molecule has 1 N–H and O–H groups in total. The van der Waals surface area contributed by atoms with Crippen molar-refractivity contribution in [3.63, 3.8) is 0 Å². The van der Waals surface area contributed by atoms with Crippen LogP contribution in [0.25, 0.3) is 16.5 Å². The van der Waals surface area contributed by atoms with Crippen molar-refractivity contribution >= 4 is 39.7 Å². The number of hydrogen-bond acceptors (Lipinski definition) is 1. The van der Waals surface area contributed by atoms with E-state index in [2.05, 4.69) is 46.4 Å². The van der Waals surface area contributed by atoms with Gasteiger partial charge < -0.3 is 4.98 Å².